The molecule has 4 nitrogen and oxygen atoms in total. The monoisotopic (exact) mass is 396 g/mol. The first kappa shape index (κ1) is 20.8. The molecule has 0 saturated carbocycles. The highest BCUT2D eigenvalue weighted by atomic mass is 32.2. The van der Waals surface area contributed by atoms with Crippen LogP contribution in [0.1, 0.15) is 21.5 Å². The summed E-state index contributed by atoms with van der Waals surface area (Å²) < 4.78 is 38.1. The molecule has 2 aromatic rings. The van der Waals surface area contributed by atoms with E-state index in [2.05, 4.69) is 5.32 Å². The van der Waals surface area contributed by atoms with Crippen molar-refractivity contribution in [3.05, 3.63) is 59.2 Å². The highest BCUT2D eigenvalue weighted by Gasteiger charge is 2.31. The van der Waals surface area contributed by atoms with Gasteiger partial charge in [-0.05, 0) is 48.9 Å². The van der Waals surface area contributed by atoms with E-state index in [4.69, 9.17) is 0 Å². The smallest absolute Gasteiger partial charge is 0.332 e. The first-order valence-electron chi connectivity index (χ1n) is 8.05. The van der Waals surface area contributed by atoms with Crippen molar-refractivity contribution >= 4 is 29.3 Å². The molecule has 0 bridgehead atoms. The average molecular weight is 396 g/mol. The van der Waals surface area contributed by atoms with Crippen LogP contribution in [0.3, 0.4) is 0 Å². The summed E-state index contributed by atoms with van der Waals surface area (Å²) in [5.41, 5.74) is -2.18. The molecular formula is C19H19F3N2O2S. The number of hydrogen-bond acceptors (Lipinski definition) is 3. The van der Waals surface area contributed by atoms with E-state index >= 15 is 0 Å². The molecule has 8 heteroatoms. The van der Waals surface area contributed by atoms with Gasteiger partial charge in [0, 0.05) is 17.6 Å². The van der Waals surface area contributed by atoms with Crippen molar-refractivity contribution in [3.63, 3.8) is 0 Å². The number of para-hydroxylation sites is 1. The van der Waals surface area contributed by atoms with E-state index in [-0.39, 0.29) is 28.8 Å². The minimum atomic E-state index is -4.51. The maximum Gasteiger partial charge on any atom is 0.446 e. The Morgan fingerprint density at radius 3 is 2.22 bits per heavy atom. The second-order valence-electron chi connectivity index (χ2n) is 6.02. The molecule has 0 aliphatic heterocycles. The van der Waals surface area contributed by atoms with Crippen LogP contribution in [0.5, 0.6) is 0 Å². The fourth-order valence-electron chi connectivity index (χ4n) is 2.54. The Kier molecular flexibility index (Phi) is 6.54. The van der Waals surface area contributed by atoms with Gasteiger partial charge in [-0.3, -0.25) is 9.59 Å². The Morgan fingerprint density at radius 2 is 1.63 bits per heavy atom. The van der Waals surface area contributed by atoms with E-state index in [9.17, 15) is 22.8 Å². The second kappa shape index (κ2) is 8.47. The number of thioether (sulfide) groups is 1. The summed E-state index contributed by atoms with van der Waals surface area (Å²) in [6.45, 7) is 3.42. The van der Waals surface area contributed by atoms with Crippen molar-refractivity contribution in [2.45, 2.75) is 24.3 Å². The highest BCUT2D eigenvalue weighted by molar-refractivity contribution is 8.00. The zero-order valence-electron chi connectivity index (χ0n) is 15.1. The van der Waals surface area contributed by atoms with Crippen LogP contribution in [0.15, 0.2) is 47.4 Å². The molecule has 0 atom stereocenters. The van der Waals surface area contributed by atoms with Crippen LogP contribution in [-0.2, 0) is 4.79 Å². The Bertz CT molecular complexity index is 833. The number of halogens is 3. The maximum absolute atomic E-state index is 12.7. The van der Waals surface area contributed by atoms with Crippen molar-refractivity contribution in [1.82, 2.24) is 4.90 Å². The van der Waals surface area contributed by atoms with Gasteiger partial charge in [0.05, 0.1) is 12.1 Å². The van der Waals surface area contributed by atoms with Gasteiger partial charge in [0.2, 0.25) is 5.91 Å². The number of anilines is 1. The number of alkyl halides is 3. The fraction of sp³-hybridized carbons (Fsp3) is 0.263. The summed E-state index contributed by atoms with van der Waals surface area (Å²) in [6, 6.07) is 11.0. The average Bonchev–Trinajstić information content (AvgIpc) is 2.56. The van der Waals surface area contributed by atoms with Crippen LogP contribution in [0.2, 0.25) is 0 Å². The van der Waals surface area contributed by atoms with Gasteiger partial charge in [0.1, 0.15) is 0 Å². The molecule has 0 unspecified atom stereocenters. The molecule has 0 radical (unpaired) electrons. The summed E-state index contributed by atoms with van der Waals surface area (Å²) in [7, 11) is 1.38. The van der Waals surface area contributed by atoms with Crippen LogP contribution in [0.4, 0.5) is 18.9 Å². The molecule has 0 aromatic heterocycles. The lowest BCUT2D eigenvalue weighted by Gasteiger charge is -2.19. The number of carbonyl (C=O) groups is 2. The largest absolute Gasteiger partial charge is 0.446 e. The first-order chi connectivity index (χ1) is 12.6. The quantitative estimate of drug-likeness (QED) is 0.750. The van der Waals surface area contributed by atoms with Crippen molar-refractivity contribution in [3.8, 4) is 0 Å². The summed E-state index contributed by atoms with van der Waals surface area (Å²) in [6.07, 6.45) is 0. The van der Waals surface area contributed by atoms with Gasteiger partial charge in [0.15, 0.2) is 0 Å². The number of hydrogen-bond donors (Lipinski definition) is 1. The van der Waals surface area contributed by atoms with E-state index in [1.54, 1.807) is 0 Å². The SMILES string of the molecule is Cc1cccc(C)c1NC(=O)CN(C)C(=O)c1ccccc1SC(F)(F)F. The van der Waals surface area contributed by atoms with Gasteiger partial charge >= 0.3 is 5.51 Å². The molecule has 0 spiro atoms. The molecule has 144 valence electrons. The number of rotatable bonds is 5. The lowest BCUT2D eigenvalue weighted by atomic mass is 10.1. The van der Waals surface area contributed by atoms with E-state index < -0.39 is 17.3 Å². The molecule has 0 aliphatic carbocycles. The van der Waals surface area contributed by atoms with E-state index in [0.29, 0.717) is 5.69 Å². The van der Waals surface area contributed by atoms with E-state index in [0.717, 1.165) is 16.0 Å². The van der Waals surface area contributed by atoms with Crippen LogP contribution < -0.4 is 5.32 Å². The highest BCUT2D eigenvalue weighted by Crippen LogP contribution is 2.38. The molecule has 2 aromatic carbocycles. The predicted molar refractivity (Wildman–Crippen MR) is 99.9 cm³/mol. The number of nitrogens with one attached hydrogen (secondary N) is 1. The lowest BCUT2D eigenvalue weighted by molar-refractivity contribution is -0.116. The third-order valence-corrected chi connectivity index (χ3v) is 4.62. The van der Waals surface area contributed by atoms with Crippen molar-refractivity contribution in [2.24, 2.45) is 0 Å². The zero-order valence-corrected chi connectivity index (χ0v) is 15.9. The van der Waals surface area contributed by atoms with E-state index in [1.165, 1.54) is 31.3 Å². The minimum Gasteiger partial charge on any atom is -0.332 e. The molecule has 2 amide bonds. The molecular weight excluding hydrogens is 377 g/mol. The van der Waals surface area contributed by atoms with Gasteiger partial charge in [-0.15, -0.1) is 0 Å². The summed E-state index contributed by atoms with van der Waals surface area (Å²) in [4.78, 5) is 25.7. The summed E-state index contributed by atoms with van der Waals surface area (Å²) >= 11 is -0.350. The van der Waals surface area contributed by atoms with Crippen LogP contribution in [0, 0.1) is 13.8 Å². The Labute approximate surface area is 159 Å². The molecule has 0 saturated heterocycles. The standard InChI is InChI=1S/C19H19F3N2O2S/c1-12-7-6-8-13(2)17(12)23-16(25)11-24(3)18(26)14-9-4-5-10-15(14)27-19(20,21)22/h4-10H,11H2,1-3H3,(H,23,25). The van der Waals surface area contributed by atoms with Crippen molar-refractivity contribution in [1.29, 1.82) is 0 Å². The maximum atomic E-state index is 12.7. The van der Waals surface area contributed by atoms with Gasteiger partial charge < -0.3 is 10.2 Å². The third-order valence-electron chi connectivity index (χ3n) is 3.82. The Morgan fingerprint density at radius 1 is 1.04 bits per heavy atom. The molecule has 27 heavy (non-hydrogen) atoms. The van der Waals surface area contributed by atoms with Crippen LogP contribution in [0.25, 0.3) is 0 Å². The topological polar surface area (TPSA) is 49.4 Å². The van der Waals surface area contributed by atoms with E-state index in [1.807, 2.05) is 32.0 Å². The Hall–Kier alpha value is -2.48. The number of likely N-dealkylation sites (N-methyl/N-ethyl adjacent to an activating group) is 1. The van der Waals surface area contributed by atoms with Gasteiger partial charge in [-0.2, -0.15) is 13.2 Å². The molecule has 0 fully saturated rings. The van der Waals surface area contributed by atoms with Gasteiger partial charge in [-0.25, -0.2) is 0 Å². The first-order valence-corrected chi connectivity index (χ1v) is 8.86. The number of nitrogens with zero attached hydrogens (tertiary/aromatic N) is 1. The molecule has 1 N–H and O–H groups in total. The zero-order chi connectivity index (χ0) is 20.2. The fourth-order valence-corrected chi connectivity index (χ4v) is 3.20. The summed E-state index contributed by atoms with van der Waals surface area (Å²) in [5.74, 6) is -1.08. The van der Waals surface area contributed by atoms with Crippen LogP contribution >= 0.6 is 11.8 Å². The summed E-state index contributed by atoms with van der Waals surface area (Å²) in [5, 5.41) is 2.75. The number of amides is 2. The third kappa shape index (κ3) is 5.75. The Balaban J connectivity index is 2.11. The predicted octanol–water partition coefficient (Wildman–Crippen LogP) is 4.63. The van der Waals surface area contributed by atoms with Gasteiger partial charge in [-0.1, -0.05) is 30.3 Å². The van der Waals surface area contributed by atoms with Crippen molar-refractivity contribution < 1.29 is 22.8 Å². The number of carbonyl (C=O) groups excluding carboxylic acids is 2. The number of aryl methyl sites for hydroxylation is 2. The second-order valence-corrected chi connectivity index (χ2v) is 7.13. The van der Waals surface area contributed by atoms with Crippen molar-refractivity contribution in [2.75, 3.05) is 18.9 Å². The number of benzene rings is 2. The lowest BCUT2D eigenvalue weighted by Crippen LogP contribution is -2.35. The van der Waals surface area contributed by atoms with Crippen LogP contribution in [-0.4, -0.2) is 35.8 Å². The normalized spacial score (nSPS) is 11.2. The van der Waals surface area contributed by atoms with Gasteiger partial charge in [0.25, 0.3) is 5.91 Å². The minimum absolute atomic E-state index is 0.0952. The molecule has 0 heterocycles. The molecule has 0 aliphatic rings. The molecule has 2 rings (SSSR count).